The zero-order chi connectivity index (χ0) is 14.5. The van der Waals surface area contributed by atoms with Gasteiger partial charge in [0.05, 0.1) is 0 Å². The third-order valence-corrected chi connectivity index (χ3v) is 5.15. The van der Waals surface area contributed by atoms with Crippen LogP contribution in [0.3, 0.4) is 0 Å². The minimum Gasteiger partial charge on any atom is -0.369 e. The predicted molar refractivity (Wildman–Crippen MR) is 90.7 cm³/mol. The predicted octanol–water partition coefficient (Wildman–Crippen LogP) is 3.90. The Morgan fingerprint density at radius 3 is 2.52 bits per heavy atom. The molecule has 1 aromatic carbocycles. The molecule has 0 spiro atoms. The first kappa shape index (κ1) is 14.9. The first-order valence-corrected chi connectivity index (χ1v) is 8.67. The first-order valence-electron chi connectivity index (χ1n) is 8.67. The Balaban J connectivity index is 1.42. The van der Waals surface area contributed by atoms with Crippen molar-refractivity contribution in [2.24, 2.45) is 5.92 Å². The Morgan fingerprint density at radius 1 is 1.05 bits per heavy atom. The van der Waals surface area contributed by atoms with Gasteiger partial charge in [-0.05, 0) is 62.8 Å². The van der Waals surface area contributed by atoms with E-state index in [2.05, 4.69) is 47.4 Å². The SMILES string of the molecule is Cc1cccc(N2CCN(CCC3CC[CH]CC3)CC2)c1. The molecule has 1 saturated heterocycles. The Morgan fingerprint density at radius 2 is 1.81 bits per heavy atom. The van der Waals surface area contributed by atoms with Crippen LogP contribution in [0.2, 0.25) is 0 Å². The molecule has 0 aromatic heterocycles. The molecule has 1 radical (unpaired) electrons. The maximum absolute atomic E-state index is 2.67. The maximum Gasteiger partial charge on any atom is 0.0369 e. The summed E-state index contributed by atoms with van der Waals surface area (Å²) in [5, 5.41) is 0. The molecular weight excluding hydrogens is 256 g/mol. The summed E-state index contributed by atoms with van der Waals surface area (Å²) in [4.78, 5) is 5.21. The first-order chi connectivity index (χ1) is 10.3. The van der Waals surface area contributed by atoms with Crippen LogP contribution in [0, 0.1) is 19.3 Å². The molecule has 2 nitrogen and oxygen atoms in total. The average molecular weight is 285 g/mol. The molecule has 3 rings (SSSR count). The number of nitrogens with zero attached hydrogens (tertiary/aromatic N) is 2. The van der Waals surface area contributed by atoms with Gasteiger partial charge in [-0.15, -0.1) is 0 Å². The normalized spacial score (nSPS) is 21.7. The van der Waals surface area contributed by atoms with Gasteiger partial charge in [-0.2, -0.15) is 0 Å². The van der Waals surface area contributed by atoms with Crippen LogP contribution < -0.4 is 4.90 Å². The lowest BCUT2D eigenvalue weighted by molar-refractivity contribution is 0.227. The highest BCUT2D eigenvalue weighted by atomic mass is 15.3. The van der Waals surface area contributed by atoms with Gasteiger partial charge >= 0.3 is 0 Å². The molecule has 2 aliphatic rings. The van der Waals surface area contributed by atoms with Gasteiger partial charge < -0.3 is 4.90 Å². The molecule has 0 unspecified atom stereocenters. The van der Waals surface area contributed by atoms with Crippen molar-refractivity contribution >= 4 is 5.69 Å². The van der Waals surface area contributed by atoms with Crippen molar-refractivity contribution in [2.75, 3.05) is 37.6 Å². The van der Waals surface area contributed by atoms with E-state index in [0.29, 0.717) is 0 Å². The molecule has 1 aliphatic heterocycles. The van der Waals surface area contributed by atoms with Crippen LogP contribution in [0.1, 0.15) is 37.7 Å². The van der Waals surface area contributed by atoms with E-state index in [1.807, 2.05) is 0 Å². The fourth-order valence-corrected chi connectivity index (χ4v) is 3.70. The third kappa shape index (κ3) is 4.23. The van der Waals surface area contributed by atoms with Crippen molar-refractivity contribution in [3.8, 4) is 0 Å². The van der Waals surface area contributed by atoms with Crippen LogP contribution in [0.4, 0.5) is 5.69 Å². The van der Waals surface area contributed by atoms with Gasteiger partial charge in [0.15, 0.2) is 0 Å². The fraction of sp³-hybridized carbons (Fsp3) is 0.632. The third-order valence-electron chi connectivity index (χ3n) is 5.15. The molecular formula is C19H29N2. The van der Waals surface area contributed by atoms with Crippen molar-refractivity contribution in [2.45, 2.75) is 39.0 Å². The van der Waals surface area contributed by atoms with Crippen LogP contribution in [0.25, 0.3) is 0 Å². The molecule has 0 bridgehead atoms. The van der Waals surface area contributed by atoms with E-state index < -0.39 is 0 Å². The lowest BCUT2D eigenvalue weighted by Crippen LogP contribution is -2.46. The summed E-state index contributed by atoms with van der Waals surface area (Å²) in [6.07, 6.45) is 9.46. The zero-order valence-corrected chi connectivity index (χ0v) is 13.4. The zero-order valence-electron chi connectivity index (χ0n) is 13.4. The van der Waals surface area contributed by atoms with Crippen LogP contribution in [-0.4, -0.2) is 37.6 Å². The van der Waals surface area contributed by atoms with Crippen molar-refractivity contribution in [1.29, 1.82) is 0 Å². The van der Waals surface area contributed by atoms with Gasteiger partial charge in [0.25, 0.3) is 0 Å². The van der Waals surface area contributed by atoms with E-state index in [1.54, 1.807) is 0 Å². The Labute approximate surface area is 130 Å². The van der Waals surface area contributed by atoms with E-state index in [1.165, 1.54) is 76.1 Å². The summed E-state index contributed by atoms with van der Waals surface area (Å²) in [6.45, 7) is 8.32. The molecule has 1 saturated carbocycles. The summed E-state index contributed by atoms with van der Waals surface area (Å²) < 4.78 is 0. The van der Waals surface area contributed by atoms with E-state index in [9.17, 15) is 0 Å². The Hall–Kier alpha value is -1.02. The summed E-state index contributed by atoms with van der Waals surface area (Å²) in [5.41, 5.74) is 2.77. The van der Waals surface area contributed by atoms with Crippen molar-refractivity contribution in [1.82, 2.24) is 4.90 Å². The molecule has 0 atom stereocenters. The van der Waals surface area contributed by atoms with Crippen molar-refractivity contribution in [3.05, 3.63) is 36.2 Å². The quantitative estimate of drug-likeness (QED) is 0.828. The summed E-state index contributed by atoms with van der Waals surface area (Å²) in [7, 11) is 0. The van der Waals surface area contributed by atoms with Gasteiger partial charge in [0, 0.05) is 31.9 Å². The molecule has 1 aliphatic carbocycles. The minimum absolute atomic E-state index is 0.991. The smallest absolute Gasteiger partial charge is 0.0369 e. The largest absolute Gasteiger partial charge is 0.369 e. The number of hydrogen-bond acceptors (Lipinski definition) is 2. The summed E-state index contributed by atoms with van der Waals surface area (Å²) in [5.74, 6) is 0.991. The number of rotatable bonds is 4. The van der Waals surface area contributed by atoms with Crippen LogP contribution >= 0.6 is 0 Å². The molecule has 21 heavy (non-hydrogen) atoms. The highest BCUT2D eigenvalue weighted by Crippen LogP contribution is 2.26. The molecule has 1 aromatic rings. The van der Waals surface area contributed by atoms with E-state index in [4.69, 9.17) is 0 Å². The van der Waals surface area contributed by atoms with E-state index in [0.717, 1.165) is 5.92 Å². The second-order valence-corrected chi connectivity index (χ2v) is 6.77. The molecule has 115 valence electrons. The van der Waals surface area contributed by atoms with Gasteiger partial charge in [0.2, 0.25) is 0 Å². The van der Waals surface area contributed by atoms with Crippen LogP contribution in [-0.2, 0) is 0 Å². The van der Waals surface area contributed by atoms with E-state index >= 15 is 0 Å². The van der Waals surface area contributed by atoms with Crippen LogP contribution in [0.5, 0.6) is 0 Å². The fourth-order valence-electron chi connectivity index (χ4n) is 3.70. The highest BCUT2D eigenvalue weighted by Gasteiger charge is 2.19. The van der Waals surface area contributed by atoms with Gasteiger partial charge in [-0.25, -0.2) is 0 Å². The highest BCUT2D eigenvalue weighted by molar-refractivity contribution is 5.48. The Bertz CT molecular complexity index is 429. The van der Waals surface area contributed by atoms with Gasteiger partial charge in [-0.3, -0.25) is 4.90 Å². The molecule has 0 amide bonds. The molecule has 1 heterocycles. The number of aryl methyl sites for hydroxylation is 1. The lowest BCUT2D eigenvalue weighted by atomic mass is 9.87. The van der Waals surface area contributed by atoms with Crippen molar-refractivity contribution in [3.63, 3.8) is 0 Å². The number of piperazine rings is 1. The number of hydrogen-bond donors (Lipinski definition) is 0. The van der Waals surface area contributed by atoms with E-state index in [-0.39, 0.29) is 0 Å². The van der Waals surface area contributed by atoms with Gasteiger partial charge in [-0.1, -0.05) is 25.0 Å². The average Bonchev–Trinajstić information content (AvgIpc) is 2.54. The second kappa shape index (κ2) is 7.31. The molecule has 0 N–H and O–H groups in total. The minimum atomic E-state index is 0.991. The summed E-state index contributed by atoms with van der Waals surface area (Å²) >= 11 is 0. The monoisotopic (exact) mass is 285 g/mol. The molecule has 2 fully saturated rings. The second-order valence-electron chi connectivity index (χ2n) is 6.77. The standard InChI is InChI=1S/C19H29N2/c1-17-6-5-9-19(16-17)21-14-12-20(13-15-21)11-10-18-7-3-2-4-8-18/h2,5-6,9,16,18H,3-4,7-8,10-15H2,1H3. The lowest BCUT2D eigenvalue weighted by Gasteiger charge is -2.37. The van der Waals surface area contributed by atoms with Gasteiger partial charge in [0.1, 0.15) is 0 Å². The van der Waals surface area contributed by atoms with Crippen LogP contribution in [0.15, 0.2) is 24.3 Å². The Kier molecular flexibility index (Phi) is 5.18. The summed E-state index contributed by atoms with van der Waals surface area (Å²) in [6, 6.07) is 8.92. The maximum atomic E-state index is 2.67. The molecule has 2 heteroatoms. The number of benzene rings is 1. The number of anilines is 1. The topological polar surface area (TPSA) is 6.48 Å². The van der Waals surface area contributed by atoms with Crippen molar-refractivity contribution < 1.29 is 0 Å².